The summed E-state index contributed by atoms with van der Waals surface area (Å²) in [6.07, 6.45) is 0. The van der Waals surface area contributed by atoms with Crippen LogP contribution in [-0.2, 0) is 0 Å². The third kappa shape index (κ3) is 3.77. The van der Waals surface area contributed by atoms with Crippen LogP contribution in [0.2, 0.25) is 0 Å². The maximum atomic E-state index is 9.54. The first-order chi connectivity index (χ1) is 17.2. The molecule has 0 amide bonds. The second kappa shape index (κ2) is 8.80. The lowest BCUT2D eigenvalue weighted by molar-refractivity contribution is 0.426. The monoisotopic (exact) mass is 454 g/mol. The molecule has 0 aliphatic carbocycles. The van der Waals surface area contributed by atoms with Crippen LogP contribution in [0.15, 0.2) is 127 Å². The van der Waals surface area contributed by atoms with Gasteiger partial charge in [0.2, 0.25) is 0 Å². The summed E-state index contributed by atoms with van der Waals surface area (Å²) in [5.74, 6) is 0. The number of anilines is 3. The Morgan fingerprint density at radius 3 is 1.80 bits per heavy atom. The smallest absolute Gasteiger partial charge is 0.423 e. The molecule has 0 atom stereocenters. The lowest BCUT2D eigenvalue weighted by atomic mass is 9.80. The lowest BCUT2D eigenvalue weighted by Crippen LogP contribution is -2.29. The number of nitrogens with zero attached hydrogens (tertiary/aromatic N) is 2. The van der Waals surface area contributed by atoms with Crippen LogP contribution in [-0.4, -0.2) is 21.7 Å². The van der Waals surface area contributed by atoms with Gasteiger partial charge in [0, 0.05) is 33.5 Å². The van der Waals surface area contributed by atoms with E-state index in [0.29, 0.717) is 5.46 Å². The van der Waals surface area contributed by atoms with Crippen LogP contribution in [0.5, 0.6) is 0 Å². The summed E-state index contributed by atoms with van der Waals surface area (Å²) in [6.45, 7) is 0. The van der Waals surface area contributed by atoms with E-state index in [-0.39, 0.29) is 0 Å². The van der Waals surface area contributed by atoms with Gasteiger partial charge in [-0.15, -0.1) is 0 Å². The number of benzene rings is 5. The summed E-state index contributed by atoms with van der Waals surface area (Å²) < 4.78 is 2.30. The quantitative estimate of drug-likeness (QED) is 0.318. The molecule has 2 N–H and O–H groups in total. The zero-order valence-corrected chi connectivity index (χ0v) is 19.0. The second-order valence-electron chi connectivity index (χ2n) is 8.53. The zero-order chi connectivity index (χ0) is 23.8. The molecule has 0 bridgehead atoms. The molecule has 0 fully saturated rings. The fraction of sp³-hybridized carbons (Fsp3) is 0. The lowest BCUT2D eigenvalue weighted by Gasteiger charge is -2.26. The molecule has 1 heterocycles. The third-order valence-corrected chi connectivity index (χ3v) is 6.39. The molecule has 168 valence electrons. The highest BCUT2D eigenvalue weighted by Crippen LogP contribution is 2.39. The molecule has 6 rings (SSSR count). The fourth-order valence-corrected chi connectivity index (χ4v) is 4.78. The standard InChI is InChI=1S/C30H23BN2O2/c34-31(35)22-15-17-25(18-16-22)32(23-9-3-1-4-10-23)26-19-20-30-28(21-26)27-13-7-8-14-29(27)33(30)24-11-5-2-6-12-24/h1-21,34-35H. The van der Waals surface area contributed by atoms with E-state index >= 15 is 0 Å². The number of para-hydroxylation sites is 3. The van der Waals surface area contributed by atoms with E-state index in [9.17, 15) is 10.0 Å². The summed E-state index contributed by atoms with van der Waals surface area (Å²) in [7, 11) is -1.49. The first kappa shape index (κ1) is 21.2. The van der Waals surface area contributed by atoms with E-state index in [1.807, 2.05) is 36.4 Å². The van der Waals surface area contributed by atoms with Crippen LogP contribution < -0.4 is 10.4 Å². The van der Waals surface area contributed by atoms with Crippen LogP contribution in [0, 0.1) is 0 Å². The van der Waals surface area contributed by atoms with Gasteiger partial charge in [-0.25, -0.2) is 0 Å². The molecular formula is C30H23BN2O2. The normalized spacial score (nSPS) is 11.1. The molecule has 0 saturated heterocycles. The van der Waals surface area contributed by atoms with Gasteiger partial charge in [0.05, 0.1) is 11.0 Å². The maximum absolute atomic E-state index is 9.54. The average Bonchev–Trinajstić information content (AvgIpc) is 3.24. The average molecular weight is 454 g/mol. The Morgan fingerprint density at radius 2 is 1.09 bits per heavy atom. The van der Waals surface area contributed by atoms with Crippen molar-refractivity contribution in [3.05, 3.63) is 127 Å². The largest absolute Gasteiger partial charge is 0.488 e. The predicted molar refractivity (Wildman–Crippen MR) is 145 cm³/mol. The fourth-order valence-electron chi connectivity index (χ4n) is 4.78. The van der Waals surface area contributed by atoms with Gasteiger partial charge in [0.15, 0.2) is 0 Å². The van der Waals surface area contributed by atoms with E-state index in [1.165, 1.54) is 16.3 Å². The Hall–Kier alpha value is -4.32. The first-order valence-electron chi connectivity index (χ1n) is 11.6. The van der Waals surface area contributed by atoms with Crippen molar-refractivity contribution in [1.82, 2.24) is 4.57 Å². The first-order valence-corrected chi connectivity index (χ1v) is 11.6. The number of hydrogen-bond acceptors (Lipinski definition) is 3. The highest BCUT2D eigenvalue weighted by atomic mass is 16.4. The molecule has 0 radical (unpaired) electrons. The summed E-state index contributed by atoms with van der Waals surface area (Å²) in [6, 6.07) is 43.0. The van der Waals surface area contributed by atoms with Crippen LogP contribution in [0.4, 0.5) is 17.1 Å². The van der Waals surface area contributed by atoms with E-state index in [0.717, 1.165) is 28.3 Å². The highest BCUT2D eigenvalue weighted by molar-refractivity contribution is 6.58. The van der Waals surface area contributed by atoms with Crippen molar-refractivity contribution in [2.24, 2.45) is 0 Å². The summed E-state index contributed by atoms with van der Waals surface area (Å²) in [4.78, 5) is 2.18. The molecule has 0 aliphatic rings. The zero-order valence-electron chi connectivity index (χ0n) is 19.0. The Morgan fingerprint density at radius 1 is 0.514 bits per heavy atom. The van der Waals surface area contributed by atoms with Gasteiger partial charge in [0.1, 0.15) is 0 Å². The molecule has 0 spiro atoms. The van der Waals surface area contributed by atoms with Gasteiger partial charge < -0.3 is 19.5 Å². The van der Waals surface area contributed by atoms with Crippen molar-refractivity contribution in [3.63, 3.8) is 0 Å². The SMILES string of the molecule is OB(O)c1ccc(N(c2ccccc2)c2ccc3c(c2)c2ccccc2n3-c2ccccc2)cc1. The molecule has 6 aromatic rings. The second-order valence-corrected chi connectivity index (χ2v) is 8.53. The minimum absolute atomic E-state index is 0.461. The van der Waals surface area contributed by atoms with E-state index in [4.69, 9.17) is 0 Å². The predicted octanol–water partition coefficient (Wildman–Crippen LogP) is 5.93. The number of aromatic nitrogens is 1. The van der Waals surface area contributed by atoms with E-state index in [2.05, 4.69) is 88.3 Å². The summed E-state index contributed by atoms with van der Waals surface area (Å²) in [5.41, 5.74) is 6.89. The molecule has 35 heavy (non-hydrogen) atoms. The molecule has 4 nitrogen and oxygen atoms in total. The van der Waals surface area contributed by atoms with Gasteiger partial charge in [-0.2, -0.15) is 0 Å². The van der Waals surface area contributed by atoms with Gasteiger partial charge in [-0.1, -0.05) is 66.7 Å². The van der Waals surface area contributed by atoms with Crippen molar-refractivity contribution in [1.29, 1.82) is 0 Å². The third-order valence-electron chi connectivity index (χ3n) is 6.39. The van der Waals surface area contributed by atoms with Crippen LogP contribution in [0.1, 0.15) is 0 Å². The minimum Gasteiger partial charge on any atom is -0.423 e. The molecule has 5 heteroatoms. The number of fused-ring (bicyclic) bond motifs is 3. The van der Waals surface area contributed by atoms with Gasteiger partial charge >= 0.3 is 7.12 Å². The molecule has 1 aromatic heterocycles. The summed E-state index contributed by atoms with van der Waals surface area (Å²) in [5, 5.41) is 21.5. The number of rotatable bonds is 5. The van der Waals surface area contributed by atoms with Crippen molar-refractivity contribution in [3.8, 4) is 5.69 Å². The molecular weight excluding hydrogens is 431 g/mol. The highest BCUT2D eigenvalue weighted by Gasteiger charge is 2.18. The van der Waals surface area contributed by atoms with Gasteiger partial charge in [0.25, 0.3) is 0 Å². The molecule has 0 aliphatic heterocycles. The van der Waals surface area contributed by atoms with Gasteiger partial charge in [-0.05, 0) is 66.1 Å². The van der Waals surface area contributed by atoms with Crippen molar-refractivity contribution < 1.29 is 10.0 Å². The molecule has 0 unspecified atom stereocenters. The number of hydrogen-bond donors (Lipinski definition) is 2. The Bertz CT molecular complexity index is 1610. The molecule has 5 aromatic carbocycles. The molecule has 0 saturated carbocycles. The van der Waals surface area contributed by atoms with Crippen molar-refractivity contribution in [2.75, 3.05) is 4.90 Å². The minimum atomic E-state index is -1.49. The van der Waals surface area contributed by atoms with E-state index in [1.54, 1.807) is 12.1 Å². The Balaban J connectivity index is 1.57. The topological polar surface area (TPSA) is 48.6 Å². The van der Waals surface area contributed by atoms with Crippen LogP contribution in [0.25, 0.3) is 27.5 Å². The summed E-state index contributed by atoms with van der Waals surface area (Å²) >= 11 is 0. The maximum Gasteiger partial charge on any atom is 0.488 e. The van der Waals surface area contributed by atoms with Crippen molar-refractivity contribution >= 4 is 51.4 Å². The van der Waals surface area contributed by atoms with Crippen LogP contribution in [0.3, 0.4) is 0 Å². The van der Waals surface area contributed by atoms with Crippen molar-refractivity contribution in [2.45, 2.75) is 0 Å². The van der Waals surface area contributed by atoms with Gasteiger partial charge in [-0.3, -0.25) is 0 Å². The Labute approximate surface area is 204 Å². The Kier molecular flexibility index (Phi) is 5.34. The van der Waals surface area contributed by atoms with E-state index < -0.39 is 7.12 Å². The van der Waals surface area contributed by atoms with Crippen LogP contribution >= 0.6 is 0 Å².